The van der Waals surface area contributed by atoms with Gasteiger partial charge in [-0.3, -0.25) is 9.78 Å². The normalized spacial score (nSPS) is 10.5. The zero-order valence-corrected chi connectivity index (χ0v) is 14.6. The second-order valence-corrected chi connectivity index (χ2v) is 6.65. The van der Waals surface area contributed by atoms with Crippen LogP contribution in [0.2, 0.25) is 0 Å². The lowest BCUT2D eigenvalue weighted by atomic mass is 10.1. The summed E-state index contributed by atoms with van der Waals surface area (Å²) in [5.74, 6) is -1.31. The van der Waals surface area contributed by atoms with E-state index in [1.807, 2.05) is 25.1 Å². The molecular formula is C19H16N2O3S. The fraction of sp³-hybridized carbons (Fsp3) is 0.105. The smallest absolute Gasteiger partial charge is 0.348 e. The number of anilines is 1. The van der Waals surface area contributed by atoms with Gasteiger partial charge in [-0.1, -0.05) is 23.8 Å². The van der Waals surface area contributed by atoms with E-state index in [0.29, 0.717) is 11.3 Å². The number of aromatic carboxylic acids is 1. The van der Waals surface area contributed by atoms with Gasteiger partial charge in [0.05, 0.1) is 5.69 Å². The average Bonchev–Trinajstić information content (AvgIpc) is 3.07. The zero-order valence-electron chi connectivity index (χ0n) is 13.8. The predicted molar refractivity (Wildman–Crippen MR) is 98.4 cm³/mol. The molecule has 2 heterocycles. The molecule has 0 aliphatic rings. The van der Waals surface area contributed by atoms with E-state index < -0.39 is 5.97 Å². The predicted octanol–water partition coefficient (Wildman–Crippen LogP) is 4.09. The first-order valence-electron chi connectivity index (χ1n) is 7.59. The summed E-state index contributed by atoms with van der Waals surface area (Å²) in [6, 6.07) is 12.6. The van der Waals surface area contributed by atoms with Gasteiger partial charge >= 0.3 is 5.97 Å². The maximum absolute atomic E-state index is 12.7. The monoisotopic (exact) mass is 352 g/mol. The van der Waals surface area contributed by atoms with Gasteiger partial charge < -0.3 is 10.0 Å². The molecule has 1 aromatic carbocycles. The van der Waals surface area contributed by atoms with Gasteiger partial charge in [-0.15, -0.1) is 11.3 Å². The summed E-state index contributed by atoms with van der Waals surface area (Å²) in [7, 11) is 1.59. The van der Waals surface area contributed by atoms with E-state index in [9.17, 15) is 14.7 Å². The summed E-state index contributed by atoms with van der Waals surface area (Å²) >= 11 is 1.13. The molecule has 3 aromatic rings. The second-order valence-electron chi connectivity index (χ2n) is 5.60. The maximum atomic E-state index is 12.7. The van der Waals surface area contributed by atoms with E-state index in [4.69, 9.17) is 0 Å². The van der Waals surface area contributed by atoms with Crippen molar-refractivity contribution >= 4 is 28.9 Å². The van der Waals surface area contributed by atoms with Crippen LogP contribution in [-0.2, 0) is 0 Å². The molecule has 0 unspecified atom stereocenters. The number of benzene rings is 1. The molecule has 25 heavy (non-hydrogen) atoms. The minimum absolute atomic E-state index is 0.127. The topological polar surface area (TPSA) is 70.5 Å². The van der Waals surface area contributed by atoms with Crippen molar-refractivity contribution in [1.29, 1.82) is 0 Å². The Hall–Kier alpha value is -2.99. The van der Waals surface area contributed by atoms with Crippen molar-refractivity contribution in [1.82, 2.24) is 4.98 Å². The third-order valence-corrected chi connectivity index (χ3v) is 4.98. The van der Waals surface area contributed by atoms with Crippen molar-refractivity contribution < 1.29 is 14.7 Å². The molecule has 126 valence electrons. The number of nitrogens with zero attached hydrogens (tertiary/aromatic N) is 2. The number of thiophene rings is 1. The standard InChI is InChI=1S/C19H16N2O3S/c1-12-5-7-13(8-6-12)18(22)21(2)15-10-16(25-17(15)19(23)24)14-4-3-9-20-11-14/h3-11H,1-2H3,(H,23,24). The van der Waals surface area contributed by atoms with Crippen molar-refractivity contribution in [3.8, 4) is 10.4 Å². The molecule has 0 atom stereocenters. The van der Waals surface area contributed by atoms with Crippen molar-refractivity contribution in [2.75, 3.05) is 11.9 Å². The summed E-state index contributed by atoms with van der Waals surface area (Å²) in [6.07, 6.45) is 3.33. The molecule has 2 aromatic heterocycles. The summed E-state index contributed by atoms with van der Waals surface area (Å²) < 4.78 is 0. The van der Waals surface area contributed by atoms with Crippen LogP contribution in [0.1, 0.15) is 25.6 Å². The van der Waals surface area contributed by atoms with E-state index in [2.05, 4.69) is 4.98 Å². The quantitative estimate of drug-likeness (QED) is 0.768. The molecule has 0 aliphatic heterocycles. The number of aryl methyl sites for hydroxylation is 1. The van der Waals surface area contributed by atoms with Crippen LogP contribution in [0.3, 0.4) is 0 Å². The van der Waals surface area contributed by atoms with Gasteiger partial charge in [-0.25, -0.2) is 4.79 Å². The Balaban J connectivity index is 2.00. The Morgan fingerprint density at radius 3 is 2.48 bits per heavy atom. The van der Waals surface area contributed by atoms with Crippen LogP contribution in [0.5, 0.6) is 0 Å². The molecule has 1 amide bonds. The van der Waals surface area contributed by atoms with Crippen LogP contribution in [-0.4, -0.2) is 29.0 Å². The fourth-order valence-corrected chi connectivity index (χ4v) is 3.45. The number of rotatable bonds is 4. The van der Waals surface area contributed by atoms with Crippen molar-refractivity contribution in [2.45, 2.75) is 6.92 Å². The molecule has 3 rings (SSSR count). The number of carbonyl (C=O) groups excluding carboxylic acids is 1. The van der Waals surface area contributed by atoms with Gasteiger partial charge in [0.15, 0.2) is 0 Å². The molecule has 0 fully saturated rings. The van der Waals surface area contributed by atoms with Crippen LogP contribution < -0.4 is 4.90 Å². The Labute approximate surface area is 149 Å². The average molecular weight is 352 g/mol. The SMILES string of the molecule is Cc1ccc(C(=O)N(C)c2cc(-c3cccnc3)sc2C(=O)O)cc1. The Morgan fingerprint density at radius 2 is 1.88 bits per heavy atom. The molecule has 0 aliphatic carbocycles. The van der Waals surface area contributed by atoms with Crippen LogP contribution >= 0.6 is 11.3 Å². The molecule has 0 radical (unpaired) electrons. The molecule has 0 bridgehead atoms. The Bertz CT molecular complexity index is 918. The van der Waals surface area contributed by atoms with Crippen molar-refractivity contribution in [2.24, 2.45) is 0 Å². The largest absolute Gasteiger partial charge is 0.477 e. The fourth-order valence-electron chi connectivity index (χ4n) is 2.43. The number of hydrogen-bond acceptors (Lipinski definition) is 4. The Morgan fingerprint density at radius 1 is 1.16 bits per heavy atom. The van der Waals surface area contributed by atoms with Crippen LogP contribution in [0, 0.1) is 6.92 Å². The van der Waals surface area contributed by atoms with E-state index in [0.717, 1.165) is 27.3 Å². The number of aromatic nitrogens is 1. The van der Waals surface area contributed by atoms with Crippen molar-refractivity contribution in [3.05, 3.63) is 70.9 Å². The number of carboxylic acids is 1. The number of carboxylic acid groups (broad SMARTS) is 1. The third kappa shape index (κ3) is 3.44. The number of pyridine rings is 1. The molecule has 1 N–H and O–H groups in total. The summed E-state index contributed by atoms with van der Waals surface area (Å²) in [5.41, 5.74) is 2.76. The van der Waals surface area contributed by atoms with Gasteiger partial charge in [0.1, 0.15) is 4.88 Å². The van der Waals surface area contributed by atoms with E-state index in [-0.39, 0.29) is 10.8 Å². The van der Waals surface area contributed by atoms with Gasteiger partial charge in [-0.2, -0.15) is 0 Å². The lowest BCUT2D eigenvalue weighted by molar-refractivity contribution is 0.0703. The summed E-state index contributed by atoms with van der Waals surface area (Å²) in [6.45, 7) is 1.94. The van der Waals surface area contributed by atoms with E-state index >= 15 is 0 Å². The number of amides is 1. The molecule has 0 saturated heterocycles. The minimum Gasteiger partial charge on any atom is -0.477 e. The highest BCUT2D eigenvalue weighted by molar-refractivity contribution is 7.18. The minimum atomic E-state index is -1.06. The van der Waals surface area contributed by atoms with Gasteiger partial charge in [0, 0.05) is 35.4 Å². The van der Waals surface area contributed by atoms with Crippen LogP contribution in [0.25, 0.3) is 10.4 Å². The maximum Gasteiger partial charge on any atom is 0.348 e. The van der Waals surface area contributed by atoms with E-state index in [1.165, 1.54) is 4.90 Å². The number of carbonyl (C=O) groups is 2. The zero-order chi connectivity index (χ0) is 18.0. The summed E-state index contributed by atoms with van der Waals surface area (Å²) in [5, 5.41) is 9.52. The van der Waals surface area contributed by atoms with Gasteiger partial charge in [0.25, 0.3) is 5.91 Å². The highest BCUT2D eigenvalue weighted by Crippen LogP contribution is 2.36. The number of hydrogen-bond donors (Lipinski definition) is 1. The molecule has 0 saturated carbocycles. The molecular weight excluding hydrogens is 336 g/mol. The van der Waals surface area contributed by atoms with Crippen molar-refractivity contribution in [3.63, 3.8) is 0 Å². The second kappa shape index (κ2) is 6.86. The lowest BCUT2D eigenvalue weighted by Gasteiger charge is -2.17. The van der Waals surface area contributed by atoms with Crippen LogP contribution in [0.15, 0.2) is 54.9 Å². The molecule has 6 heteroatoms. The van der Waals surface area contributed by atoms with Crippen LogP contribution in [0.4, 0.5) is 5.69 Å². The third-order valence-electron chi connectivity index (χ3n) is 3.82. The van der Waals surface area contributed by atoms with E-state index in [1.54, 1.807) is 43.7 Å². The molecule has 5 nitrogen and oxygen atoms in total. The van der Waals surface area contributed by atoms with Gasteiger partial charge in [-0.05, 0) is 31.2 Å². The Kier molecular flexibility index (Phi) is 4.63. The summed E-state index contributed by atoms with van der Waals surface area (Å²) in [4.78, 5) is 30.7. The highest BCUT2D eigenvalue weighted by atomic mass is 32.1. The first-order valence-corrected chi connectivity index (χ1v) is 8.41. The lowest BCUT2D eigenvalue weighted by Crippen LogP contribution is -2.27. The van der Waals surface area contributed by atoms with Gasteiger partial charge in [0.2, 0.25) is 0 Å². The first kappa shape index (κ1) is 16.9. The first-order chi connectivity index (χ1) is 12.0. The highest BCUT2D eigenvalue weighted by Gasteiger charge is 2.23. The molecule has 0 spiro atoms.